The SMILES string of the molecule is Cc1cc(C)c(/C=C2\C(=O)N(Cc3ccc(F)c(F)c3)c3ccccc32)[nH]1. The van der Waals surface area contributed by atoms with E-state index in [0.717, 1.165) is 40.3 Å². The van der Waals surface area contributed by atoms with Crippen molar-refractivity contribution >= 4 is 23.2 Å². The molecule has 0 radical (unpaired) electrons. The van der Waals surface area contributed by atoms with E-state index in [0.29, 0.717) is 11.1 Å². The maximum Gasteiger partial charge on any atom is 0.259 e. The fourth-order valence-electron chi connectivity index (χ4n) is 3.47. The Morgan fingerprint density at radius 2 is 1.81 bits per heavy atom. The summed E-state index contributed by atoms with van der Waals surface area (Å²) in [5.74, 6) is -1.97. The molecule has 2 heterocycles. The first-order chi connectivity index (χ1) is 12.9. The Morgan fingerprint density at radius 1 is 1.04 bits per heavy atom. The molecule has 1 aliphatic heterocycles. The van der Waals surface area contributed by atoms with E-state index in [4.69, 9.17) is 0 Å². The van der Waals surface area contributed by atoms with Gasteiger partial charge in [0.2, 0.25) is 0 Å². The highest BCUT2D eigenvalue weighted by Crippen LogP contribution is 2.38. The molecule has 0 spiro atoms. The van der Waals surface area contributed by atoms with E-state index < -0.39 is 11.6 Å². The van der Waals surface area contributed by atoms with E-state index in [2.05, 4.69) is 4.98 Å². The lowest BCUT2D eigenvalue weighted by atomic mass is 10.1. The van der Waals surface area contributed by atoms with Gasteiger partial charge in [-0.15, -0.1) is 0 Å². The first-order valence-electron chi connectivity index (χ1n) is 8.67. The minimum Gasteiger partial charge on any atom is -0.359 e. The minimum atomic E-state index is -0.916. The Kier molecular flexibility index (Phi) is 4.15. The molecule has 0 fully saturated rings. The summed E-state index contributed by atoms with van der Waals surface area (Å²) < 4.78 is 26.8. The lowest BCUT2D eigenvalue weighted by Gasteiger charge is -2.17. The Hall–Kier alpha value is -3.21. The number of aromatic amines is 1. The van der Waals surface area contributed by atoms with E-state index in [1.165, 1.54) is 6.07 Å². The topological polar surface area (TPSA) is 36.1 Å². The molecule has 1 aromatic heterocycles. The molecule has 0 bridgehead atoms. The van der Waals surface area contributed by atoms with Gasteiger partial charge in [0.05, 0.1) is 17.8 Å². The molecular formula is C22H18F2N2O. The Labute approximate surface area is 156 Å². The molecule has 4 rings (SSSR count). The van der Waals surface area contributed by atoms with Crippen LogP contribution >= 0.6 is 0 Å². The molecule has 2 aromatic carbocycles. The number of anilines is 1. The van der Waals surface area contributed by atoms with Crippen LogP contribution in [-0.4, -0.2) is 10.9 Å². The number of nitrogens with one attached hydrogen (secondary N) is 1. The number of benzene rings is 2. The summed E-state index contributed by atoms with van der Waals surface area (Å²) in [7, 11) is 0. The second-order valence-electron chi connectivity index (χ2n) is 6.76. The van der Waals surface area contributed by atoms with Gasteiger partial charge in [0.25, 0.3) is 5.91 Å². The van der Waals surface area contributed by atoms with E-state index >= 15 is 0 Å². The van der Waals surface area contributed by atoms with Crippen LogP contribution in [0.3, 0.4) is 0 Å². The molecule has 0 unspecified atom stereocenters. The van der Waals surface area contributed by atoms with Gasteiger partial charge < -0.3 is 9.88 Å². The second-order valence-corrected chi connectivity index (χ2v) is 6.76. The fourth-order valence-corrected chi connectivity index (χ4v) is 3.47. The number of aryl methyl sites for hydroxylation is 2. The third-order valence-corrected chi connectivity index (χ3v) is 4.76. The van der Waals surface area contributed by atoms with Gasteiger partial charge in [0.1, 0.15) is 0 Å². The number of nitrogens with zero attached hydrogens (tertiary/aromatic N) is 1. The molecule has 3 aromatic rings. The van der Waals surface area contributed by atoms with Crippen molar-refractivity contribution < 1.29 is 13.6 Å². The Morgan fingerprint density at radius 3 is 2.52 bits per heavy atom. The highest BCUT2D eigenvalue weighted by atomic mass is 19.2. The largest absolute Gasteiger partial charge is 0.359 e. The molecule has 3 nitrogen and oxygen atoms in total. The van der Waals surface area contributed by atoms with E-state index in [1.807, 2.05) is 50.3 Å². The molecule has 1 N–H and O–H groups in total. The lowest BCUT2D eigenvalue weighted by molar-refractivity contribution is -0.113. The molecule has 0 saturated carbocycles. The zero-order valence-electron chi connectivity index (χ0n) is 15.0. The summed E-state index contributed by atoms with van der Waals surface area (Å²) in [6.07, 6.45) is 1.86. The highest BCUT2D eigenvalue weighted by Gasteiger charge is 2.32. The molecule has 1 aliphatic rings. The van der Waals surface area contributed by atoms with Crippen molar-refractivity contribution in [3.63, 3.8) is 0 Å². The summed E-state index contributed by atoms with van der Waals surface area (Å²) in [6.45, 7) is 4.13. The van der Waals surface area contributed by atoms with Crippen molar-refractivity contribution in [2.45, 2.75) is 20.4 Å². The van der Waals surface area contributed by atoms with Gasteiger partial charge in [-0.2, -0.15) is 0 Å². The third-order valence-electron chi connectivity index (χ3n) is 4.76. The van der Waals surface area contributed by atoms with E-state index in [1.54, 1.807) is 4.90 Å². The van der Waals surface area contributed by atoms with Crippen LogP contribution in [0.25, 0.3) is 11.6 Å². The summed E-state index contributed by atoms with van der Waals surface area (Å²) in [6, 6.07) is 13.2. The quantitative estimate of drug-likeness (QED) is 0.653. The van der Waals surface area contributed by atoms with Crippen molar-refractivity contribution in [1.29, 1.82) is 0 Å². The van der Waals surface area contributed by atoms with Crippen LogP contribution < -0.4 is 4.90 Å². The number of amides is 1. The monoisotopic (exact) mass is 364 g/mol. The molecule has 0 atom stereocenters. The van der Waals surface area contributed by atoms with Crippen molar-refractivity contribution in [3.05, 3.63) is 88.2 Å². The van der Waals surface area contributed by atoms with Gasteiger partial charge in [-0.3, -0.25) is 4.79 Å². The van der Waals surface area contributed by atoms with Crippen molar-refractivity contribution in [2.24, 2.45) is 0 Å². The first-order valence-corrected chi connectivity index (χ1v) is 8.67. The van der Waals surface area contributed by atoms with Gasteiger partial charge in [-0.25, -0.2) is 8.78 Å². The van der Waals surface area contributed by atoms with Crippen molar-refractivity contribution in [2.75, 3.05) is 4.90 Å². The number of halogens is 2. The average molecular weight is 364 g/mol. The van der Waals surface area contributed by atoms with Crippen LogP contribution in [0, 0.1) is 25.5 Å². The average Bonchev–Trinajstić information content (AvgIpc) is 3.09. The maximum absolute atomic E-state index is 13.6. The number of carbonyl (C=O) groups excluding carboxylic acids is 1. The number of rotatable bonds is 3. The molecular weight excluding hydrogens is 346 g/mol. The van der Waals surface area contributed by atoms with Gasteiger partial charge in [-0.1, -0.05) is 24.3 Å². The zero-order chi connectivity index (χ0) is 19.1. The molecule has 0 aliphatic carbocycles. The first kappa shape index (κ1) is 17.2. The molecule has 0 saturated heterocycles. The minimum absolute atomic E-state index is 0.160. The molecule has 1 amide bonds. The summed E-state index contributed by atoms with van der Waals surface area (Å²) in [4.78, 5) is 18.0. The van der Waals surface area contributed by atoms with E-state index in [-0.39, 0.29) is 12.5 Å². The summed E-state index contributed by atoms with van der Waals surface area (Å²) in [5, 5.41) is 0. The Balaban J connectivity index is 1.75. The number of hydrogen-bond donors (Lipinski definition) is 1. The summed E-state index contributed by atoms with van der Waals surface area (Å²) in [5.41, 5.74) is 5.68. The van der Waals surface area contributed by atoms with Crippen LogP contribution in [0.1, 0.15) is 28.1 Å². The predicted molar refractivity (Wildman–Crippen MR) is 102 cm³/mol. The Bertz CT molecular complexity index is 1080. The molecule has 27 heavy (non-hydrogen) atoms. The number of hydrogen-bond acceptors (Lipinski definition) is 1. The molecule has 5 heteroatoms. The van der Waals surface area contributed by atoms with Crippen LogP contribution in [0.5, 0.6) is 0 Å². The predicted octanol–water partition coefficient (Wildman–Crippen LogP) is 5.00. The lowest BCUT2D eigenvalue weighted by Crippen LogP contribution is -2.25. The number of fused-ring (bicyclic) bond motifs is 1. The number of H-pyrrole nitrogens is 1. The van der Waals surface area contributed by atoms with Gasteiger partial charge in [0.15, 0.2) is 11.6 Å². The van der Waals surface area contributed by atoms with E-state index in [9.17, 15) is 13.6 Å². The number of para-hydroxylation sites is 1. The third kappa shape index (κ3) is 3.05. The maximum atomic E-state index is 13.6. The number of aromatic nitrogens is 1. The van der Waals surface area contributed by atoms with Gasteiger partial charge in [-0.05, 0) is 55.3 Å². The van der Waals surface area contributed by atoms with Gasteiger partial charge in [0, 0.05) is 17.0 Å². The highest BCUT2D eigenvalue weighted by molar-refractivity contribution is 6.35. The van der Waals surface area contributed by atoms with Crippen LogP contribution in [0.4, 0.5) is 14.5 Å². The normalized spacial score (nSPS) is 14.9. The zero-order valence-corrected chi connectivity index (χ0v) is 15.0. The standard InChI is InChI=1S/C22H18F2N2O/c1-13-9-14(2)25-20(13)11-17-16-5-3-4-6-21(16)26(22(17)27)12-15-7-8-18(23)19(24)10-15/h3-11,25H,12H2,1-2H3/b17-11-. The second kappa shape index (κ2) is 6.50. The van der Waals surface area contributed by atoms with Crippen LogP contribution in [0.15, 0.2) is 48.5 Å². The van der Waals surface area contributed by atoms with Gasteiger partial charge >= 0.3 is 0 Å². The van der Waals surface area contributed by atoms with Crippen molar-refractivity contribution in [1.82, 2.24) is 4.98 Å². The number of carbonyl (C=O) groups is 1. The molecule has 136 valence electrons. The van der Waals surface area contributed by atoms with Crippen LogP contribution in [-0.2, 0) is 11.3 Å². The fraction of sp³-hybridized carbons (Fsp3) is 0.136. The smallest absolute Gasteiger partial charge is 0.259 e. The van der Waals surface area contributed by atoms with Crippen molar-refractivity contribution in [3.8, 4) is 0 Å². The van der Waals surface area contributed by atoms with Crippen LogP contribution in [0.2, 0.25) is 0 Å². The summed E-state index contributed by atoms with van der Waals surface area (Å²) >= 11 is 0.